The maximum Gasteiger partial charge on any atom is 0.0859 e. The Labute approximate surface area is 76.4 Å². The fraction of sp³-hybridized carbons (Fsp3) is 0.750. The van der Waals surface area contributed by atoms with E-state index < -0.39 is 0 Å². The molecule has 0 aliphatic heterocycles. The molecular weight excluding hydrogens is 170 g/mol. The van der Waals surface area contributed by atoms with Gasteiger partial charge in [0.25, 0.3) is 0 Å². The Kier molecular flexibility index (Phi) is 1.88. The van der Waals surface area contributed by atoms with Crippen LogP contribution in [0.5, 0.6) is 0 Å². The van der Waals surface area contributed by atoms with E-state index >= 15 is 0 Å². The third-order valence-corrected chi connectivity index (χ3v) is 3.19. The first kappa shape index (κ1) is 8.13. The fourth-order valence-electron chi connectivity index (χ4n) is 1.37. The molecule has 0 unspecified atom stereocenters. The van der Waals surface area contributed by atoms with Gasteiger partial charge in [-0.25, -0.2) is 0 Å². The zero-order valence-electron chi connectivity index (χ0n) is 7.42. The number of rotatable bonds is 3. The molecule has 0 radical (unpaired) electrons. The highest BCUT2D eigenvalue weighted by atomic mass is 32.1. The predicted molar refractivity (Wildman–Crippen MR) is 49.3 cm³/mol. The van der Waals surface area contributed by atoms with Gasteiger partial charge in [0.1, 0.15) is 0 Å². The molecule has 3 nitrogen and oxygen atoms in total. The van der Waals surface area contributed by atoms with Crippen molar-refractivity contribution in [3.63, 3.8) is 0 Å². The van der Waals surface area contributed by atoms with Gasteiger partial charge in [-0.15, -0.1) is 5.10 Å². The summed E-state index contributed by atoms with van der Waals surface area (Å²) in [5.74, 6) is 0. The topological polar surface area (TPSA) is 37.8 Å². The second kappa shape index (κ2) is 2.78. The second-order valence-corrected chi connectivity index (χ2v) is 4.47. The van der Waals surface area contributed by atoms with Gasteiger partial charge in [-0.05, 0) is 31.4 Å². The predicted octanol–water partition coefficient (Wildman–Crippen LogP) is 1.31. The molecule has 0 saturated heterocycles. The molecule has 4 heteroatoms. The molecular formula is C8H13N3S. The van der Waals surface area contributed by atoms with E-state index in [2.05, 4.69) is 21.8 Å². The molecule has 1 N–H and O–H groups in total. The molecule has 0 spiro atoms. The van der Waals surface area contributed by atoms with Crippen molar-refractivity contribution in [2.45, 2.75) is 31.7 Å². The zero-order valence-corrected chi connectivity index (χ0v) is 8.24. The van der Waals surface area contributed by atoms with E-state index in [1.165, 1.54) is 34.9 Å². The largest absolute Gasteiger partial charge is 0.315 e. The normalized spacial score (nSPS) is 19.5. The van der Waals surface area contributed by atoms with Crippen LogP contribution in [0.3, 0.4) is 0 Å². The lowest BCUT2D eigenvalue weighted by molar-refractivity contribution is 0.713. The molecule has 1 saturated carbocycles. The Morgan fingerprint density at radius 3 is 2.92 bits per heavy atom. The lowest BCUT2D eigenvalue weighted by Gasteiger charge is -2.05. The van der Waals surface area contributed by atoms with Gasteiger partial charge in [0, 0.05) is 12.0 Å². The smallest absolute Gasteiger partial charge is 0.0859 e. The van der Waals surface area contributed by atoms with Gasteiger partial charge < -0.3 is 5.32 Å². The number of nitrogens with zero attached hydrogens (tertiary/aromatic N) is 2. The SMILES string of the molecule is CNCc1snnc1C1(C)CC1. The Morgan fingerprint density at radius 2 is 2.33 bits per heavy atom. The minimum atomic E-state index is 0.360. The van der Waals surface area contributed by atoms with Crippen molar-refractivity contribution in [2.24, 2.45) is 0 Å². The van der Waals surface area contributed by atoms with Crippen molar-refractivity contribution < 1.29 is 0 Å². The highest BCUT2D eigenvalue weighted by Gasteiger charge is 2.43. The monoisotopic (exact) mass is 183 g/mol. The standard InChI is InChI=1S/C8H13N3S/c1-8(3-4-8)7-6(5-9-2)12-11-10-7/h9H,3-5H2,1-2H3. The highest BCUT2D eigenvalue weighted by molar-refractivity contribution is 7.05. The average molecular weight is 183 g/mol. The molecule has 1 aromatic heterocycles. The average Bonchev–Trinajstić information content (AvgIpc) is 2.64. The summed E-state index contributed by atoms with van der Waals surface area (Å²) in [6.07, 6.45) is 2.55. The third-order valence-electron chi connectivity index (χ3n) is 2.46. The molecule has 1 aromatic rings. The maximum absolute atomic E-state index is 4.20. The van der Waals surface area contributed by atoms with Crippen LogP contribution in [0.1, 0.15) is 30.3 Å². The maximum atomic E-state index is 4.20. The van der Waals surface area contributed by atoms with Gasteiger partial charge in [-0.2, -0.15) is 0 Å². The van der Waals surface area contributed by atoms with E-state index in [1.54, 1.807) is 0 Å². The molecule has 0 bridgehead atoms. The summed E-state index contributed by atoms with van der Waals surface area (Å²) in [6, 6.07) is 0. The van der Waals surface area contributed by atoms with Gasteiger partial charge in [0.2, 0.25) is 0 Å². The Balaban J connectivity index is 2.24. The van der Waals surface area contributed by atoms with E-state index in [0.717, 1.165) is 6.54 Å². The molecule has 2 rings (SSSR count). The molecule has 0 atom stereocenters. The van der Waals surface area contributed by atoms with E-state index in [0.29, 0.717) is 5.41 Å². The molecule has 0 aromatic carbocycles. The minimum Gasteiger partial charge on any atom is -0.315 e. The number of aromatic nitrogens is 2. The quantitative estimate of drug-likeness (QED) is 0.767. The van der Waals surface area contributed by atoms with Gasteiger partial charge in [0.05, 0.1) is 10.6 Å². The lowest BCUT2D eigenvalue weighted by atomic mass is 10.1. The number of hydrogen-bond acceptors (Lipinski definition) is 4. The van der Waals surface area contributed by atoms with Crippen LogP contribution in [-0.4, -0.2) is 16.6 Å². The highest BCUT2D eigenvalue weighted by Crippen LogP contribution is 2.48. The lowest BCUT2D eigenvalue weighted by Crippen LogP contribution is -2.10. The van der Waals surface area contributed by atoms with Crippen molar-refractivity contribution >= 4 is 11.5 Å². The van der Waals surface area contributed by atoms with E-state index in [4.69, 9.17) is 0 Å². The van der Waals surface area contributed by atoms with Crippen LogP contribution in [0, 0.1) is 0 Å². The Hall–Kier alpha value is -0.480. The van der Waals surface area contributed by atoms with Crippen LogP contribution in [0.15, 0.2) is 0 Å². The van der Waals surface area contributed by atoms with Gasteiger partial charge in [0.15, 0.2) is 0 Å². The first-order valence-corrected chi connectivity index (χ1v) is 5.00. The molecule has 1 aliphatic carbocycles. The van der Waals surface area contributed by atoms with Crippen molar-refractivity contribution in [3.8, 4) is 0 Å². The summed E-state index contributed by atoms with van der Waals surface area (Å²) in [5.41, 5.74) is 1.58. The Morgan fingerprint density at radius 1 is 1.58 bits per heavy atom. The van der Waals surface area contributed by atoms with Crippen LogP contribution in [0.25, 0.3) is 0 Å². The Bertz CT molecular complexity index is 278. The number of nitrogens with one attached hydrogen (secondary N) is 1. The fourth-order valence-corrected chi connectivity index (χ4v) is 2.17. The minimum absolute atomic E-state index is 0.360. The molecule has 0 amide bonds. The third kappa shape index (κ3) is 1.25. The molecule has 1 fully saturated rings. The molecule has 1 aliphatic rings. The zero-order chi connectivity index (χ0) is 8.60. The van der Waals surface area contributed by atoms with E-state index in [1.807, 2.05) is 7.05 Å². The number of hydrogen-bond donors (Lipinski definition) is 1. The van der Waals surface area contributed by atoms with Crippen LogP contribution >= 0.6 is 11.5 Å². The van der Waals surface area contributed by atoms with Crippen LogP contribution in [-0.2, 0) is 12.0 Å². The molecule has 66 valence electrons. The second-order valence-electron chi connectivity index (χ2n) is 3.64. The summed E-state index contributed by atoms with van der Waals surface area (Å²) < 4.78 is 4.00. The molecule has 1 heterocycles. The van der Waals surface area contributed by atoms with Crippen molar-refractivity contribution in [3.05, 3.63) is 10.6 Å². The van der Waals surface area contributed by atoms with Gasteiger partial charge >= 0.3 is 0 Å². The summed E-state index contributed by atoms with van der Waals surface area (Å²) in [4.78, 5) is 1.30. The summed E-state index contributed by atoms with van der Waals surface area (Å²) in [5, 5.41) is 7.34. The first-order chi connectivity index (χ1) is 5.76. The summed E-state index contributed by atoms with van der Waals surface area (Å²) >= 11 is 1.52. The van der Waals surface area contributed by atoms with Crippen LogP contribution < -0.4 is 5.32 Å². The van der Waals surface area contributed by atoms with Crippen LogP contribution in [0.4, 0.5) is 0 Å². The van der Waals surface area contributed by atoms with E-state index in [-0.39, 0.29) is 0 Å². The van der Waals surface area contributed by atoms with Gasteiger partial charge in [-0.1, -0.05) is 11.4 Å². The van der Waals surface area contributed by atoms with Crippen molar-refractivity contribution in [1.29, 1.82) is 0 Å². The summed E-state index contributed by atoms with van der Waals surface area (Å²) in [7, 11) is 1.96. The van der Waals surface area contributed by atoms with Crippen LogP contribution in [0.2, 0.25) is 0 Å². The van der Waals surface area contributed by atoms with E-state index in [9.17, 15) is 0 Å². The molecule has 12 heavy (non-hydrogen) atoms. The van der Waals surface area contributed by atoms with Gasteiger partial charge in [-0.3, -0.25) is 0 Å². The van der Waals surface area contributed by atoms with Crippen molar-refractivity contribution in [1.82, 2.24) is 14.9 Å². The summed E-state index contributed by atoms with van der Waals surface area (Å²) in [6.45, 7) is 3.17. The first-order valence-electron chi connectivity index (χ1n) is 4.22. The van der Waals surface area contributed by atoms with Crippen molar-refractivity contribution in [2.75, 3.05) is 7.05 Å².